The van der Waals surface area contributed by atoms with Crippen molar-refractivity contribution in [2.45, 2.75) is 32.1 Å². The van der Waals surface area contributed by atoms with Crippen LogP contribution in [0.15, 0.2) is 73.0 Å². The third-order valence-electron chi connectivity index (χ3n) is 5.49. The van der Waals surface area contributed by atoms with Gasteiger partial charge in [0.2, 0.25) is 5.69 Å². The normalized spacial score (nSPS) is 16.5. The summed E-state index contributed by atoms with van der Waals surface area (Å²) < 4.78 is 33.4. The number of hydrogen-bond donors (Lipinski definition) is 2. The Morgan fingerprint density at radius 3 is 2.50 bits per heavy atom. The predicted octanol–water partition coefficient (Wildman–Crippen LogP) is 4.47. The zero-order valence-electron chi connectivity index (χ0n) is 17.5. The first-order valence-corrected chi connectivity index (χ1v) is 11.7. The van der Waals surface area contributed by atoms with Crippen molar-refractivity contribution in [3.63, 3.8) is 0 Å². The van der Waals surface area contributed by atoms with Gasteiger partial charge < -0.3 is 5.73 Å². The monoisotopic (exact) mass is 425 g/mol. The van der Waals surface area contributed by atoms with Crippen molar-refractivity contribution in [1.29, 1.82) is 0 Å². The highest BCUT2D eigenvalue weighted by Crippen LogP contribution is 2.44. The van der Waals surface area contributed by atoms with Crippen LogP contribution in [0.5, 0.6) is 0 Å². The van der Waals surface area contributed by atoms with E-state index in [2.05, 4.69) is 54.8 Å². The van der Waals surface area contributed by atoms with E-state index < -0.39 is 10.1 Å². The average Bonchev–Trinajstić information content (AvgIpc) is 2.91. The fourth-order valence-corrected chi connectivity index (χ4v) is 4.74. The summed E-state index contributed by atoms with van der Waals surface area (Å²) in [6, 6.07) is 12.7. The molecule has 0 bridgehead atoms. The molecule has 0 aliphatic carbocycles. The maximum atomic E-state index is 11.1. The van der Waals surface area contributed by atoms with E-state index in [0.29, 0.717) is 19.4 Å². The standard InChI is InChI=1S/C24H28N2O3S/c1-24(2)22(13-5-3-4-8-16-25)26(17-9-10-18-30(27,28)29)21-15-14-19-11-6-7-12-20(19)23(21)24/h3-8,11-16,25H,9-10,17-18H2,1-2H3,(H,27,28,29)/p+1. The van der Waals surface area contributed by atoms with Gasteiger partial charge in [0.1, 0.15) is 6.54 Å². The number of fused-ring (bicyclic) bond motifs is 3. The van der Waals surface area contributed by atoms with Gasteiger partial charge in [0.25, 0.3) is 10.1 Å². The topological polar surface area (TPSA) is 83.4 Å². The molecule has 0 aromatic heterocycles. The molecule has 0 unspecified atom stereocenters. The molecule has 3 rings (SSSR count). The predicted molar refractivity (Wildman–Crippen MR) is 124 cm³/mol. The Kier molecular flexibility index (Phi) is 6.58. The van der Waals surface area contributed by atoms with Gasteiger partial charge in [0.05, 0.1) is 11.2 Å². The van der Waals surface area contributed by atoms with Gasteiger partial charge in [-0.1, -0.05) is 42.5 Å². The van der Waals surface area contributed by atoms with E-state index in [9.17, 15) is 8.42 Å². The number of nitrogens with zero attached hydrogens (tertiary/aromatic N) is 1. The molecule has 1 aliphatic rings. The van der Waals surface area contributed by atoms with Gasteiger partial charge >= 0.3 is 0 Å². The molecule has 2 aromatic rings. The molecule has 2 aromatic carbocycles. The first kappa shape index (κ1) is 22.0. The maximum absolute atomic E-state index is 11.1. The Morgan fingerprint density at radius 2 is 1.77 bits per heavy atom. The Morgan fingerprint density at radius 1 is 1.03 bits per heavy atom. The molecule has 1 aliphatic heterocycles. The minimum absolute atomic E-state index is 0.214. The fourth-order valence-electron chi connectivity index (χ4n) is 4.17. The molecule has 5 nitrogen and oxygen atoms in total. The third-order valence-corrected chi connectivity index (χ3v) is 6.29. The molecular weight excluding hydrogens is 396 g/mol. The summed E-state index contributed by atoms with van der Waals surface area (Å²) in [4.78, 5) is 0. The summed E-state index contributed by atoms with van der Waals surface area (Å²) in [6.45, 7) is 5.12. The van der Waals surface area contributed by atoms with E-state index >= 15 is 0 Å². The van der Waals surface area contributed by atoms with Crippen molar-refractivity contribution in [3.05, 3.63) is 78.5 Å². The Balaban J connectivity index is 2.02. The van der Waals surface area contributed by atoms with Gasteiger partial charge in [-0.2, -0.15) is 13.0 Å². The van der Waals surface area contributed by atoms with Gasteiger partial charge in [-0.3, -0.25) is 4.55 Å². The van der Waals surface area contributed by atoms with Crippen LogP contribution in [0, 0.1) is 0 Å². The molecule has 0 fully saturated rings. The Labute approximate surface area is 178 Å². The minimum atomic E-state index is -3.93. The van der Waals surface area contributed by atoms with Gasteiger partial charge in [-0.05, 0) is 49.4 Å². The van der Waals surface area contributed by atoms with Crippen LogP contribution in [-0.4, -0.2) is 35.6 Å². The minimum Gasteiger partial charge on any atom is -0.405 e. The van der Waals surface area contributed by atoms with E-state index in [4.69, 9.17) is 10.3 Å². The second-order valence-electron chi connectivity index (χ2n) is 7.96. The van der Waals surface area contributed by atoms with Crippen LogP contribution < -0.4 is 5.73 Å². The van der Waals surface area contributed by atoms with Crippen molar-refractivity contribution >= 4 is 32.3 Å². The molecule has 0 amide bonds. The molecular formula is C24H29N2O3S+. The van der Waals surface area contributed by atoms with Crippen molar-refractivity contribution in [3.8, 4) is 0 Å². The number of nitrogens with two attached hydrogens (primary N) is 1. The number of rotatable bonds is 8. The van der Waals surface area contributed by atoms with Crippen LogP contribution in [0.25, 0.3) is 10.8 Å². The zero-order chi connectivity index (χ0) is 21.8. The zero-order valence-corrected chi connectivity index (χ0v) is 18.3. The highest BCUT2D eigenvalue weighted by atomic mass is 32.2. The average molecular weight is 426 g/mol. The van der Waals surface area contributed by atoms with Crippen molar-refractivity contribution in [1.82, 2.24) is 0 Å². The van der Waals surface area contributed by atoms with E-state index in [1.807, 2.05) is 24.3 Å². The smallest absolute Gasteiger partial charge is 0.264 e. The van der Waals surface area contributed by atoms with E-state index in [-0.39, 0.29) is 11.2 Å². The summed E-state index contributed by atoms with van der Waals surface area (Å²) in [7, 11) is -3.93. The van der Waals surface area contributed by atoms with Crippen LogP contribution in [0.2, 0.25) is 0 Å². The number of unbranched alkanes of at least 4 members (excludes halogenated alkanes) is 1. The summed E-state index contributed by atoms with van der Waals surface area (Å²) in [5, 5.41) is 2.43. The van der Waals surface area contributed by atoms with E-state index in [1.165, 1.54) is 22.5 Å². The summed E-state index contributed by atoms with van der Waals surface area (Å²) in [6.07, 6.45) is 12.2. The SMILES string of the molecule is CC1(C)C(/C=C/C=C/C=C/N)=[N+](CCCCS(=O)(=O)O)c2ccc3ccccc3c21. The number of allylic oxidation sites excluding steroid dienone is 5. The van der Waals surface area contributed by atoms with Gasteiger partial charge in [-0.25, -0.2) is 0 Å². The number of benzene rings is 2. The molecule has 3 N–H and O–H groups in total. The third kappa shape index (κ3) is 4.71. The van der Waals surface area contributed by atoms with E-state index in [0.717, 1.165) is 11.4 Å². The maximum Gasteiger partial charge on any atom is 0.264 e. The highest BCUT2D eigenvalue weighted by molar-refractivity contribution is 7.85. The van der Waals surface area contributed by atoms with Crippen LogP contribution >= 0.6 is 0 Å². The van der Waals surface area contributed by atoms with Crippen molar-refractivity contribution < 1.29 is 17.5 Å². The first-order chi connectivity index (χ1) is 14.3. The van der Waals surface area contributed by atoms with Gasteiger partial charge in [-0.15, -0.1) is 0 Å². The van der Waals surface area contributed by atoms with Crippen LogP contribution in [-0.2, 0) is 15.5 Å². The lowest BCUT2D eigenvalue weighted by atomic mass is 9.79. The van der Waals surface area contributed by atoms with Gasteiger partial charge in [0, 0.05) is 24.1 Å². The Bertz CT molecular complexity index is 1160. The molecule has 30 heavy (non-hydrogen) atoms. The van der Waals surface area contributed by atoms with E-state index in [1.54, 1.807) is 6.08 Å². The van der Waals surface area contributed by atoms with Crippen LogP contribution in [0.1, 0.15) is 32.3 Å². The lowest BCUT2D eigenvalue weighted by molar-refractivity contribution is -0.438. The lowest BCUT2D eigenvalue weighted by Crippen LogP contribution is -2.28. The second kappa shape index (κ2) is 8.98. The quantitative estimate of drug-likeness (QED) is 0.283. The summed E-state index contributed by atoms with van der Waals surface area (Å²) in [5.41, 5.74) is 8.74. The molecule has 0 saturated heterocycles. The van der Waals surface area contributed by atoms with Crippen molar-refractivity contribution in [2.24, 2.45) is 5.73 Å². The molecule has 0 atom stereocenters. The molecule has 0 radical (unpaired) electrons. The summed E-state index contributed by atoms with van der Waals surface area (Å²) >= 11 is 0. The first-order valence-electron chi connectivity index (χ1n) is 10.1. The molecule has 6 heteroatoms. The van der Waals surface area contributed by atoms with Crippen LogP contribution in [0.3, 0.4) is 0 Å². The molecule has 158 valence electrons. The fraction of sp³-hybridized carbons (Fsp3) is 0.292. The molecule has 1 heterocycles. The Hall–Kier alpha value is -2.70. The molecule has 0 saturated carbocycles. The lowest BCUT2D eigenvalue weighted by Gasteiger charge is -2.17. The molecule has 0 spiro atoms. The second-order valence-corrected chi connectivity index (χ2v) is 9.54. The largest absolute Gasteiger partial charge is 0.405 e. The van der Waals surface area contributed by atoms with Crippen LogP contribution in [0.4, 0.5) is 5.69 Å². The highest BCUT2D eigenvalue weighted by Gasteiger charge is 2.45. The number of hydrogen-bond acceptors (Lipinski definition) is 3. The summed E-state index contributed by atoms with van der Waals surface area (Å²) in [5.74, 6) is -0.214. The van der Waals surface area contributed by atoms with Gasteiger partial charge in [0.15, 0.2) is 5.71 Å². The van der Waals surface area contributed by atoms with Crippen molar-refractivity contribution in [2.75, 3.05) is 12.3 Å².